The third-order valence-electron chi connectivity index (χ3n) is 3.04. The van der Waals surface area contributed by atoms with E-state index >= 15 is 0 Å². The van der Waals surface area contributed by atoms with Gasteiger partial charge in [-0.15, -0.1) is 0 Å². The van der Waals surface area contributed by atoms with Gasteiger partial charge in [0, 0.05) is 12.4 Å². The molecule has 5 nitrogen and oxygen atoms in total. The summed E-state index contributed by atoms with van der Waals surface area (Å²) in [5, 5.41) is 18.1. The number of carbonyl (C=O) groups is 1. The van der Waals surface area contributed by atoms with E-state index < -0.39 is 12.0 Å². The van der Waals surface area contributed by atoms with Crippen molar-refractivity contribution < 1.29 is 9.90 Å². The molecule has 5 heteroatoms. The zero-order valence-electron chi connectivity index (χ0n) is 10.4. The molecule has 1 N–H and O–H groups in total. The molecule has 0 saturated carbocycles. The number of anilines is 1. The van der Waals surface area contributed by atoms with Crippen LogP contribution in [-0.2, 0) is 4.79 Å². The van der Waals surface area contributed by atoms with Crippen LogP contribution in [0.15, 0.2) is 30.5 Å². The lowest BCUT2D eigenvalue weighted by atomic mass is 10.1. The fraction of sp³-hybridized carbons (Fsp3) is 0.308. The van der Waals surface area contributed by atoms with Crippen LogP contribution >= 0.6 is 0 Å². The van der Waals surface area contributed by atoms with E-state index in [1.165, 1.54) is 0 Å². The van der Waals surface area contributed by atoms with E-state index in [-0.39, 0.29) is 0 Å². The lowest BCUT2D eigenvalue weighted by Gasteiger charge is -2.26. The fourth-order valence-corrected chi connectivity index (χ4v) is 2.06. The van der Waals surface area contributed by atoms with Gasteiger partial charge < -0.3 is 10.0 Å². The van der Waals surface area contributed by atoms with Crippen molar-refractivity contribution in [2.24, 2.45) is 0 Å². The van der Waals surface area contributed by atoms with Crippen LogP contribution in [0.1, 0.15) is 13.3 Å². The van der Waals surface area contributed by atoms with Crippen LogP contribution in [0.4, 0.5) is 5.69 Å². The highest BCUT2D eigenvalue weighted by molar-refractivity contribution is 5.92. The molecule has 0 spiro atoms. The Morgan fingerprint density at radius 3 is 2.83 bits per heavy atom. The summed E-state index contributed by atoms with van der Waals surface area (Å²) in [7, 11) is 1.77. The summed E-state index contributed by atoms with van der Waals surface area (Å²) in [5.74, 6) is -0.833. The van der Waals surface area contributed by atoms with Crippen molar-refractivity contribution in [1.82, 2.24) is 10.2 Å². The van der Waals surface area contributed by atoms with Crippen LogP contribution in [0.5, 0.6) is 0 Å². The number of hydrogen-bond acceptors (Lipinski definition) is 4. The molecule has 94 valence electrons. The largest absolute Gasteiger partial charge is 0.480 e. The zero-order chi connectivity index (χ0) is 13.1. The van der Waals surface area contributed by atoms with Crippen molar-refractivity contribution in [3.63, 3.8) is 0 Å². The van der Waals surface area contributed by atoms with Crippen LogP contribution in [0.2, 0.25) is 0 Å². The van der Waals surface area contributed by atoms with Gasteiger partial charge in [0.1, 0.15) is 6.04 Å². The van der Waals surface area contributed by atoms with Crippen LogP contribution < -0.4 is 4.90 Å². The van der Waals surface area contributed by atoms with E-state index in [0.29, 0.717) is 6.42 Å². The second-order valence-electron chi connectivity index (χ2n) is 4.12. The Balaban J connectivity index is 2.50. The van der Waals surface area contributed by atoms with Crippen molar-refractivity contribution in [2.45, 2.75) is 19.4 Å². The van der Waals surface area contributed by atoms with Gasteiger partial charge in [-0.2, -0.15) is 10.2 Å². The van der Waals surface area contributed by atoms with Gasteiger partial charge in [0.15, 0.2) is 0 Å². The van der Waals surface area contributed by atoms with Gasteiger partial charge in [0.2, 0.25) is 0 Å². The summed E-state index contributed by atoms with van der Waals surface area (Å²) in [4.78, 5) is 12.9. The van der Waals surface area contributed by atoms with E-state index in [4.69, 9.17) is 0 Å². The number of likely N-dealkylation sites (N-methyl/N-ethyl adjacent to an activating group) is 1. The van der Waals surface area contributed by atoms with E-state index in [2.05, 4.69) is 10.2 Å². The van der Waals surface area contributed by atoms with Gasteiger partial charge in [-0.05, 0) is 12.5 Å². The lowest BCUT2D eigenvalue weighted by molar-refractivity contribution is -0.138. The van der Waals surface area contributed by atoms with Gasteiger partial charge in [-0.1, -0.05) is 25.1 Å². The first-order valence-corrected chi connectivity index (χ1v) is 5.81. The third-order valence-corrected chi connectivity index (χ3v) is 3.04. The van der Waals surface area contributed by atoms with E-state index in [1.807, 2.05) is 31.2 Å². The minimum absolute atomic E-state index is 0.530. The number of nitrogens with zero attached hydrogens (tertiary/aromatic N) is 3. The average molecular weight is 245 g/mol. The number of fused-ring (bicyclic) bond motifs is 1. The predicted octanol–water partition coefficient (Wildman–Crippen LogP) is 1.93. The molecule has 1 heterocycles. The number of carboxylic acid groups (broad SMARTS) is 1. The van der Waals surface area contributed by atoms with Gasteiger partial charge >= 0.3 is 5.97 Å². The van der Waals surface area contributed by atoms with Crippen molar-refractivity contribution >= 4 is 22.6 Å². The highest BCUT2D eigenvalue weighted by atomic mass is 16.4. The summed E-state index contributed by atoms with van der Waals surface area (Å²) < 4.78 is 0. The first-order valence-electron chi connectivity index (χ1n) is 5.81. The van der Waals surface area contributed by atoms with E-state index in [1.54, 1.807) is 18.1 Å². The maximum absolute atomic E-state index is 11.2. The number of benzene rings is 1. The summed E-state index contributed by atoms with van der Waals surface area (Å²) >= 11 is 0. The summed E-state index contributed by atoms with van der Waals surface area (Å²) in [6.45, 7) is 1.85. The van der Waals surface area contributed by atoms with E-state index in [0.717, 1.165) is 16.6 Å². The molecule has 2 aromatic rings. The summed E-state index contributed by atoms with van der Waals surface area (Å²) in [6, 6.07) is 7.02. The third kappa shape index (κ3) is 2.11. The van der Waals surface area contributed by atoms with Crippen molar-refractivity contribution in [3.05, 3.63) is 30.5 Å². The Hall–Kier alpha value is -2.17. The zero-order valence-corrected chi connectivity index (χ0v) is 10.4. The van der Waals surface area contributed by atoms with Crippen LogP contribution in [0.25, 0.3) is 10.9 Å². The van der Waals surface area contributed by atoms with Crippen LogP contribution in [-0.4, -0.2) is 34.4 Å². The second kappa shape index (κ2) is 5.00. The molecular formula is C13H15N3O2. The van der Waals surface area contributed by atoms with Crippen molar-refractivity contribution in [3.8, 4) is 0 Å². The molecule has 0 bridgehead atoms. The van der Waals surface area contributed by atoms with Crippen molar-refractivity contribution in [1.29, 1.82) is 0 Å². The van der Waals surface area contributed by atoms with Gasteiger partial charge in [-0.25, -0.2) is 4.79 Å². The smallest absolute Gasteiger partial charge is 0.326 e. The monoisotopic (exact) mass is 245 g/mol. The first kappa shape index (κ1) is 12.3. The molecule has 0 aliphatic heterocycles. The normalized spacial score (nSPS) is 12.3. The quantitative estimate of drug-likeness (QED) is 0.891. The molecule has 0 fully saturated rings. The summed E-state index contributed by atoms with van der Waals surface area (Å²) in [6.07, 6.45) is 2.14. The molecule has 1 unspecified atom stereocenters. The predicted molar refractivity (Wildman–Crippen MR) is 69.7 cm³/mol. The highest BCUT2D eigenvalue weighted by Crippen LogP contribution is 2.25. The second-order valence-corrected chi connectivity index (χ2v) is 4.12. The molecule has 1 aromatic carbocycles. The molecular weight excluding hydrogens is 230 g/mol. The Bertz CT molecular complexity index is 566. The van der Waals surface area contributed by atoms with Crippen LogP contribution in [0.3, 0.4) is 0 Å². The Kier molecular flexibility index (Phi) is 3.41. The summed E-state index contributed by atoms with van der Waals surface area (Å²) in [5.41, 5.74) is 1.55. The Morgan fingerprint density at radius 2 is 2.17 bits per heavy atom. The molecule has 0 amide bonds. The lowest BCUT2D eigenvalue weighted by Crippen LogP contribution is -2.38. The Labute approximate surface area is 105 Å². The van der Waals surface area contributed by atoms with Gasteiger partial charge in [0.05, 0.1) is 17.4 Å². The number of hydrogen-bond donors (Lipinski definition) is 1. The minimum Gasteiger partial charge on any atom is -0.480 e. The molecule has 0 aliphatic rings. The maximum atomic E-state index is 11.2. The van der Waals surface area contributed by atoms with Crippen molar-refractivity contribution in [2.75, 3.05) is 11.9 Å². The molecule has 2 rings (SSSR count). The molecule has 0 saturated heterocycles. The average Bonchev–Trinajstić information content (AvgIpc) is 2.38. The number of carboxylic acids is 1. The first-order chi connectivity index (χ1) is 8.65. The maximum Gasteiger partial charge on any atom is 0.326 e. The van der Waals surface area contributed by atoms with Gasteiger partial charge in [0.25, 0.3) is 0 Å². The van der Waals surface area contributed by atoms with E-state index in [9.17, 15) is 9.90 Å². The SMILES string of the molecule is CCC(C(=O)O)N(C)c1cnnc2ccccc12. The highest BCUT2D eigenvalue weighted by Gasteiger charge is 2.22. The number of aliphatic carboxylic acids is 1. The van der Waals surface area contributed by atoms with Crippen LogP contribution in [0, 0.1) is 0 Å². The molecule has 1 aromatic heterocycles. The number of aromatic nitrogens is 2. The minimum atomic E-state index is -0.833. The molecule has 18 heavy (non-hydrogen) atoms. The topological polar surface area (TPSA) is 66.3 Å². The fourth-order valence-electron chi connectivity index (χ4n) is 2.06. The standard InChI is InChI=1S/C13H15N3O2/c1-3-11(13(17)18)16(2)12-8-14-15-10-7-5-4-6-9(10)12/h4-8,11H,3H2,1-2H3,(H,17,18). The number of rotatable bonds is 4. The Morgan fingerprint density at radius 1 is 1.44 bits per heavy atom. The molecule has 0 aliphatic carbocycles. The molecule has 1 atom stereocenters. The molecule has 0 radical (unpaired) electrons. The van der Waals surface area contributed by atoms with Gasteiger partial charge in [-0.3, -0.25) is 0 Å².